The quantitative estimate of drug-likeness (QED) is 0.557. The third-order valence-corrected chi connectivity index (χ3v) is 4.96. The highest BCUT2D eigenvalue weighted by Gasteiger charge is 2.26. The molecule has 0 aliphatic heterocycles. The molecule has 0 saturated heterocycles. The van der Waals surface area contributed by atoms with E-state index in [2.05, 4.69) is 5.32 Å². The monoisotopic (exact) mass is 407 g/mol. The zero-order valence-corrected chi connectivity index (χ0v) is 16.7. The maximum absolute atomic E-state index is 12.5. The number of methoxy groups -OCH3 is 1. The predicted molar refractivity (Wildman–Crippen MR) is 106 cm³/mol. The van der Waals surface area contributed by atoms with Crippen molar-refractivity contribution in [2.24, 2.45) is 0 Å². The van der Waals surface area contributed by atoms with Crippen LogP contribution in [0.5, 0.6) is 5.75 Å². The first kappa shape index (κ1) is 21.2. The number of anilines is 2. The summed E-state index contributed by atoms with van der Waals surface area (Å²) in [4.78, 5) is 22.9. The molecule has 150 valence electrons. The maximum atomic E-state index is 12.5. The van der Waals surface area contributed by atoms with Gasteiger partial charge in [-0.1, -0.05) is 6.07 Å². The minimum absolute atomic E-state index is 0.0882. The number of amides is 1. The maximum Gasteiger partial charge on any atom is 0.271 e. The van der Waals surface area contributed by atoms with Gasteiger partial charge in [0.25, 0.3) is 5.69 Å². The molecule has 10 heteroatoms. The molecule has 1 amide bonds. The SMILES string of the molecule is COc1ccc([N+](=O)[O-])cc1N(CC(=O)Nc1cc(C)cc(C)c1)S(C)(=O)=O. The van der Waals surface area contributed by atoms with Crippen molar-refractivity contribution >= 4 is 33.0 Å². The normalized spacial score (nSPS) is 11.0. The number of sulfonamides is 1. The molecule has 0 aliphatic rings. The lowest BCUT2D eigenvalue weighted by atomic mass is 10.1. The van der Waals surface area contributed by atoms with E-state index in [0.29, 0.717) is 5.69 Å². The Hall–Kier alpha value is -3.14. The Bertz CT molecular complexity index is 1000. The molecule has 2 aromatic rings. The van der Waals surface area contributed by atoms with Crippen molar-refractivity contribution in [1.82, 2.24) is 0 Å². The molecular weight excluding hydrogens is 386 g/mol. The van der Waals surface area contributed by atoms with Gasteiger partial charge in [0.2, 0.25) is 15.9 Å². The molecule has 9 nitrogen and oxygen atoms in total. The number of non-ortho nitro benzene ring substituents is 1. The standard InChI is InChI=1S/C18H21N3O6S/c1-12-7-13(2)9-14(8-12)19-18(22)11-20(28(4,25)26)16-10-15(21(23)24)5-6-17(16)27-3/h5-10H,11H2,1-4H3,(H,19,22). The Morgan fingerprint density at radius 3 is 2.29 bits per heavy atom. The molecule has 2 aromatic carbocycles. The van der Waals surface area contributed by atoms with Crippen molar-refractivity contribution < 1.29 is 22.9 Å². The van der Waals surface area contributed by atoms with Crippen LogP contribution in [0.1, 0.15) is 11.1 Å². The number of nitrogens with one attached hydrogen (secondary N) is 1. The van der Waals surface area contributed by atoms with Crippen molar-refractivity contribution in [3.05, 3.63) is 57.6 Å². The van der Waals surface area contributed by atoms with Crippen LogP contribution in [-0.4, -0.2) is 39.2 Å². The lowest BCUT2D eigenvalue weighted by molar-refractivity contribution is -0.384. The summed E-state index contributed by atoms with van der Waals surface area (Å²) in [6.07, 6.45) is 0.912. The van der Waals surface area contributed by atoms with Gasteiger partial charge in [-0.15, -0.1) is 0 Å². The molecule has 28 heavy (non-hydrogen) atoms. The number of benzene rings is 2. The van der Waals surface area contributed by atoms with Crippen LogP contribution in [0, 0.1) is 24.0 Å². The first-order valence-corrected chi connectivity index (χ1v) is 10.0. The molecule has 0 heterocycles. The van der Waals surface area contributed by atoms with Gasteiger partial charge < -0.3 is 10.1 Å². The molecule has 0 atom stereocenters. The predicted octanol–water partition coefficient (Wildman–Crippen LogP) is 2.62. The molecule has 0 aliphatic carbocycles. The second-order valence-electron chi connectivity index (χ2n) is 6.31. The van der Waals surface area contributed by atoms with Gasteiger partial charge in [-0.05, 0) is 43.2 Å². The summed E-state index contributed by atoms with van der Waals surface area (Å²) in [6.45, 7) is 3.18. The van der Waals surface area contributed by atoms with Crippen molar-refractivity contribution in [1.29, 1.82) is 0 Å². The van der Waals surface area contributed by atoms with E-state index in [0.717, 1.165) is 27.8 Å². The zero-order valence-electron chi connectivity index (χ0n) is 15.9. The van der Waals surface area contributed by atoms with Crippen LogP contribution in [0.2, 0.25) is 0 Å². The number of ether oxygens (including phenoxy) is 1. The molecule has 0 radical (unpaired) electrons. The van der Waals surface area contributed by atoms with Gasteiger partial charge in [-0.3, -0.25) is 19.2 Å². The number of hydrogen-bond acceptors (Lipinski definition) is 6. The molecule has 0 saturated carbocycles. The minimum atomic E-state index is -3.93. The van der Waals surface area contributed by atoms with Crippen LogP contribution in [-0.2, 0) is 14.8 Å². The average Bonchev–Trinajstić information content (AvgIpc) is 2.57. The second-order valence-corrected chi connectivity index (χ2v) is 8.21. The van der Waals surface area contributed by atoms with E-state index < -0.39 is 27.4 Å². The highest BCUT2D eigenvalue weighted by atomic mass is 32.2. The summed E-state index contributed by atoms with van der Waals surface area (Å²) in [7, 11) is -2.62. The largest absolute Gasteiger partial charge is 0.495 e. The third kappa shape index (κ3) is 5.19. The Kier molecular flexibility index (Phi) is 6.24. The van der Waals surface area contributed by atoms with Gasteiger partial charge >= 0.3 is 0 Å². The van der Waals surface area contributed by atoms with E-state index in [1.54, 1.807) is 12.1 Å². The summed E-state index contributed by atoms with van der Waals surface area (Å²) >= 11 is 0. The van der Waals surface area contributed by atoms with Gasteiger partial charge in [0, 0.05) is 17.8 Å². The summed E-state index contributed by atoms with van der Waals surface area (Å²) in [6, 6.07) is 8.98. The highest BCUT2D eigenvalue weighted by Crippen LogP contribution is 2.33. The van der Waals surface area contributed by atoms with Crippen LogP contribution in [0.25, 0.3) is 0 Å². The van der Waals surface area contributed by atoms with Crippen molar-refractivity contribution in [3.8, 4) is 5.75 Å². The fourth-order valence-electron chi connectivity index (χ4n) is 2.75. The van der Waals surface area contributed by atoms with E-state index in [9.17, 15) is 23.3 Å². The van der Waals surface area contributed by atoms with Crippen molar-refractivity contribution in [3.63, 3.8) is 0 Å². The molecule has 0 unspecified atom stereocenters. The smallest absolute Gasteiger partial charge is 0.271 e. The average molecular weight is 407 g/mol. The van der Waals surface area contributed by atoms with Crippen LogP contribution >= 0.6 is 0 Å². The Balaban J connectivity index is 2.39. The number of carbonyl (C=O) groups is 1. The fourth-order valence-corrected chi connectivity index (χ4v) is 3.60. The van der Waals surface area contributed by atoms with Crippen LogP contribution in [0.4, 0.5) is 17.1 Å². The third-order valence-electron chi connectivity index (χ3n) is 3.83. The Morgan fingerprint density at radius 1 is 1.18 bits per heavy atom. The second kappa shape index (κ2) is 8.26. The number of hydrogen-bond donors (Lipinski definition) is 1. The van der Waals surface area contributed by atoms with Crippen LogP contribution < -0.4 is 14.4 Å². The Morgan fingerprint density at radius 2 is 1.79 bits per heavy atom. The molecule has 0 bridgehead atoms. The number of nitrogens with zero attached hydrogens (tertiary/aromatic N) is 2. The molecular formula is C18H21N3O6S. The number of nitro groups is 1. The van der Waals surface area contributed by atoms with Gasteiger partial charge in [0.05, 0.1) is 18.3 Å². The minimum Gasteiger partial charge on any atom is -0.495 e. The van der Waals surface area contributed by atoms with E-state index >= 15 is 0 Å². The first-order valence-electron chi connectivity index (χ1n) is 8.19. The lowest BCUT2D eigenvalue weighted by Crippen LogP contribution is -2.37. The number of nitro benzene ring substituents is 1. The lowest BCUT2D eigenvalue weighted by Gasteiger charge is -2.23. The van der Waals surface area contributed by atoms with Crippen molar-refractivity contribution in [2.75, 3.05) is 29.5 Å². The van der Waals surface area contributed by atoms with E-state index in [1.807, 2.05) is 19.9 Å². The molecule has 0 aromatic heterocycles. The van der Waals surface area contributed by atoms with Crippen LogP contribution in [0.3, 0.4) is 0 Å². The highest BCUT2D eigenvalue weighted by molar-refractivity contribution is 7.92. The number of rotatable bonds is 7. The molecule has 0 fully saturated rings. The summed E-state index contributed by atoms with van der Waals surface area (Å²) in [5.41, 5.74) is 2.00. The van der Waals surface area contributed by atoms with E-state index in [-0.39, 0.29) is 17.1 Å². The topological polar surface area (TPSA) is 119 Å². The summed E-state index contributed by atoms with van der Waals surface area (Å²) in [5, 5.41) is 13.7. The van der Waals surface area contributed by atoms with Gasteiger partial charge in [-0.2, -0.15) is 0 Å². The molecule has 0 spiro atoms. The van der Waals surface area contributed by atoms with Gasteiger partial charge in [0.1, 0.15) is 18.0 Å². The number of carbonyl (C=O) groups excluding carboxylic acids is 1. The van der Waals surface area contributed by atoms with E-state index in [4.69, 9.17) is 4.74 Å². The van der Waals surface area contributed by atoms with Crippen molar-refractivity contribution in [2.45, 2.75) is 13.8 Å². The summed E-state index contributed by atoms with van der Waals surface area (Å²) < 4.78 is 30.5. The summed E-state index contributed by atoms with van der Waals surface area (Å²) in [5.74, 6) is -0.501. The fraction of sp³-hybridized carbons (Fsp3) is 0.278. The molecule has 2 rings (SSSR count). The van der Waals surface area contributed by atoms with Crippen LogP contribution in [0.15, 0.2) is 36.4 Å². The Labute approximate surface area is 163 Å². The first-order chi connectivity index (χ1) is 13.0. The van der Waals surface area contributed by atoms with Gasteiger partial charge in [-0.25, -0.2) is 8.42 Å². The van der Waals surface area contributed by atoms with Gasteiger partial charge in [0.15, 0.2) is 0 Å². The molecule has 1 N–H and O–H groups in total. The zero-order chi connectivity index (χ0) is 21.1. The number of aryl methyl sites for hydroxylation is 2. The van der Waals surface area contributed by atoms with E-state index in [1.165, 1.54) is 19.2 Å².